The Morgan fingerprint density at radius 3 is 2.05 bits per heavy atom. The molecule has 0 aliphatic rings. The summed E-state index contributed by atoms with van der Waals surface area (Å²) in [6.45, 7) is 4.78. The molecule has 3 rings (SSSR count). The van der Waals surface area contributed by atoms with Gasteiger partial charge in [-0.2, -0.15) is 0 Å². The average molecular weight is 507 g/mol. The second kappa shape index (κ2) is 14.5. The number of urea groups is 1. The number of carbonyl (C=O) groups is 3. The molecule has 8 heteroatoms. The number of nitrogens with one attached hydrogen (secondary N) is 1. The van der Waals surface area contributed by atoms with Crippen molar-refractivity contribution in [3.63, 3.8) is 0 Å². The minimum absolute atomic E-state index is 0.0360. The largest absolute Gasteiger partial charge is 0.469 e. The molecule has 0 aliphatic heterocycles. The first kappa shape index (κ1) is 27.5. The Morgan fingerprint density at radius 2 is 1.49 bits per heavy atom. The van der Waals surface area contributed by atoms with Crippen LogP contribution in [0.25, 0.3) is 0 Å². The van der Waals surface area contributed by atoms with E-state index in [0.717, 1.165) is 11.1 Å². The molecule has 0 saturated carbocycles. The molecular formula is C29H34N2O6. The molecule has 0 spiro atoms. The summed E-state index contributed by atoms with van der Waals surface area (Å²) in [6.07, 6.45) is 1.69. The van der Waals surface area contributed by atoms with E-state index in [-0.39, 0.29) is 38.5 Å². The average Bonchev–Trinajstić information content (AvgIpc) is 3.42. The molecule has 0 unspecified atom stereocenters. The number of hydrogen-bond donors (Lipinski definition) is 1. The van der Waals surface area contributed by atoms with Gasteiger partial charge in [0.2, 0.25) is 0 Å². The Bertz CT molecular complexity index is 1100. The summed E-state index contributed by atoms with van der Waals surface area (Å²) in [7, 11) is 0. The van der Waals surface area contributed by atoms with E-state index >= 15 is 0 Å². The molecule has 1 atom stereocenters. The van der Waals surface area contributed by atoms with Crippen LogP contribution in [0.1, 0.15) is 37.2 Å². The monoisotopic (exact) mass is 506 g/mol. The fourth-order valence-electron chi connectivity index (χ4n) is 3.65. The number of ether oxygens (including phenoxy) is 2. The molecule has 0 fully saturated rings. The highest BCUT2D eigenvalue weighted by Crippen LogP contribution is 2.10. The van der Waals surface area contributed by atoms with Gasteiger partial charge in [0.1, 0.15) is 25.0 Å². The van der Waals surface area contributed by atoms with Gasteiger partial charge in [-0.1, -0.05) is 74.5 Å². The lowest BCUT2D eigenvalue weighted by atomic mass is 10.1. The Balaban J connectivity index is 1.59. The van der Waals surface area contributed by atoms with Crippen molar-refractivity contribution in [1.29, 1.82) is 0 Å². The van der Waals surface area contributed by atoms with Crippen molar-refractivity contribution in [3.05, 3.63) is 95.9 Å². The number of rotatable bonds is 13. The lowest BCUT2D eigenvalue weighted by Crippen LogP contribution is -2.50. The van der Waals surface area contributed by atoms with Gasteiger partial charge in [-0.3, -0.25) is 4.79 Å². The predicted octanol–water partition coefficient (Wildman–Crippen LogP) is 4.74. The number of hydrogen-bond acceptors (Lipinski definition) is 6. The Kier molecular flexibility index (Phi) is 10.8. The van der Waals surface area contributed by atoms with Gasteiger partial charge in [0, 0.05) is 19.5 Å². The molecule has 0 saturated heterocycles. The summed E-state index contributed by atoms with van der Waals surface area (Å²) < 4.78 is 16.2. The minimum atomic E-state index is -0.956. The molecule has 1 heterocycles. The fourth-order valence-corrected chi connectivity index (χ4v) is 3.65. The minimum Gasteiger partial charge on any atom is -0.469 e. The van der Waals surface area contributed by atoms with Crippen LogP contribution in [0.2, 0.25) is 0 Å². The molecule has 3 aromatic rings. The molecule has 37 heavy (non-hydrogen) atoms. The maximum atomic E-state index is 13.2. The first-order valence-electron chi connectivity index (χ1n) is 12.4. The van der Waals surface area contributed by atoms with Gasteiger partial charge in [0.05, 0.1) is 12.7 Å². The highest BCUT2D eigenvalue weighted by molar-refractivity contribution is 5.84. The van der Waals surface area contributed by atoms with E-state index in [9.17, 15) is 14.4 Å². The summed E-state index contributed by atoms with van der Waals surface area (Å²) >= 11 is 0. The number of esters is 2. The van der Waals surface area contributed by atoms with E-state index < -0.39 is 24.0 Å². The quantitative estimate of drug-likeness (QED) is 0.337. The maximum Gasteiger partial charge on any atom is 0.329 e. The van der Waals surface area contributed by atoms with Crippen LogP contribution in [0.3, 0.4) is 0 Å². The number of carbonyl (C=O) groups excluding carboxylic acids is 3. The van der Waals surface area contributed by atoms with Crippen LogP contribution >= 0.6 is 0 Å². The second-order valence-electron chi connectivity index (χ2n) is 9.12. The van der Waals surface area contributed by atoms with Crippen LogP contribution in [-0.2, 0) is 38.7 Å². The number of furan rings is 1. The number of benzene rings is 2. The van der Waals surface area contributed by atoms with Crippen LogP contribution in [0.5, 0.6) is 0 Å². The number of nitrogens with zero attached hydrogens (tertiary/aromatic N) is 1. The molecule has 0 bridgehead atoms. The molecular weight excluding hydrogens is 472 g/mol. The van der Waals surface area contributed by atoms with Crippen LogP contribution in [0.15, 0.2) is 83.5 Å². The molecule has 8 nitrogen and oxygen atoms in total. The van der Waals surface area contributed by atoms with E-state index in [0.29, 0.717) is 12.3 Å². The van der Waals surface area contributed by atoms with Crippen molar-refractivity contribution in [2.24, 2.45) is 5.92 Å². The SMILES string of the molecule is CC(C)CN(CCC(=O)OCc1ccccc1)C(=O)N[C@@H](Cc1ccco1)C(=O)OCc1ccccc1. The molecule has 0 aliphatic carbocycles. The van der Waals surface area contributed by atoms with Crippen LogP contribution < -0.4 is 5.32 Å². The van der Waals surface area contributed by atoms with E-state index in [4.69, 9.17) is 13.9 Å². The normalized spacial score (nSPS) is 11.5. The molecule has 0 radical (unpaired) electrons. The standard InChI is InChI=1S/C29H34N2O6/c1-22(2)19-31(16-15-27(32)36-20-23-10-5-3-6-11-23)29(34)30-26(18-25-14-9-17-35-25)28(33)37-21-24-12-7-4-8-13-24/h3-14,17,22,26H,15-16,18-21H2,1-2H3,(H,30,34)/t26-/m0/s1. The van der Waals surface area contributed by atoms with Crippen LogP contribution in [0, 0.1) is 5.92 Å². The Labute approximate surface area is 217 Å². The van der Waals surface area contributed by atoms with Crippen molar-refractivity contribution in [1.82, 2.24) is 10.2 Å². The lowest BCUT2D eigenvalue weighted by Gasteiger charge is -2.27. The van der Waals surface area contributed by atoms with Crippen molar-refractivity contribution in [2.45, 2.75) is 45.9 Å². The highest BCUT2D eigenvalue weighted by Gasteiger charge is 2.27. The molecule has 1 N–H and O–H groups in total. The first-order valence-corrected chi connectivity index (χ1v) is 12.4. The smallest absolute Gasteiger partial charge is 0.329 e. The van der Waals surface area contributed by atoms with Gasteiger partial charge in [0.25, 0.3) is 0 Å². The third-order valence-electron chi connectivity index (χ3n) is 5.49. The molecule has 196 valence electrons. The predicted molar refractivity (Wildman–Crippen MR) is 138 cm³/mol. The number of amides is 2. The zero-order valence-corrected chi connectivity index (χ0v) is 21.3. The zero-order valence-electron chi connectivity index (χ0n) is 21.3. The summed E-state index contributed by atoms with van der Waals surface area (Å²) in [6, 6.07) is 20.8. The van der Waals surface area contributed by atoms with Gasteiger partial charge in [-0.25, -0.2) is 9.59 Å². The van der Waals surface area contributed by atoms with Gasteiger partial charge in [0.15, 0.2) is 0 Å². The van der Waals surface area contributed by atoms with Gasteiger partial charge >= 0.3 is 18.0 Å². The van der Waals surface area contributed by atoms with E-state index in [1.807, 2.05) is 74.5 Å². The second-order valence-corrected chi connectivity index (χ2v) is 9.12. The van der Waals surface area contributed by atoms with Crippen molar-refractivity contribution in [3.8, 4) is 0 Å². The maximum absolute atomic E-state index is 13.2. The third kappa shape index (κ3) is 9.83. The van der Waals surface area contributed by atoms with Crippen LogP contribution in [-0.4, -0.2) is 42.0 Å². The van der Waals surface area contributed by atoms with Crippen molar-refractivity contribution >= 4 is 18.0 Å². The summed E-state index contributed by atoms with van der Waals surface area (Å²) in [4.78, 5) is 40.0. The van der Waals surface area contributed by atoms with Gasteiger partial charge < -0.3 is 24.1 Å². The van der Waals surface area contributed by atoms with Crippen molar-refractivity contribution in [2.75, 3.05) is 13.1 Å². The Morgan fingerprint density at radius 1 is 0.865 bits per heavy atom. The zero-order chi connectivity index (χ0) is 26.5. The fraction of sp³-hybridized carbons (Fsp3) is 0.345. The van der Waals surface area contributed by atoms with E-state index in [1.54, 1.807) is 12.1 Å². The highest BCUT2D eigenvalue weighted by atomic mass is 16.5. The molecule has 2 amide bonds. The van der Waals surface area contributed by atoms with Gasteiger partial charge in [-0.15, -0.1) is 0 Å². The Hall–Kier alpha value is -4.07. The van der Waals surface area contributed by atoms with E-state index in [1.165, 1.54) is 11.2 Å². The molecule has 2 aromatic carbocycles. The summed E-state index contributed by atoms with van der Waals surface area (Å²) in [5.41, 5.74) is 1.73. The molecule has 1 aromatic heterocycles. The van der Waals surface area contributed by atoms with E-state index in [2.05, 4.69) is 5.32 Å². The summed E-state index contributed by atoms with van der Waals surface area (Å²) in [5.74, 6) is -0.276. The van der Waals surface area contributed by atoms with Gasteiger partial charge in [-0.05, 0) is 29.2 Å². The topological polar surface area (TPSA) is 98.1 Å². The first-order chi connectivity index (χ1) is 17.9. The summed E-state index contributed by atoms with van der Waals surface area (Å²) in [5, 5.41) is 2.78. The van der Waals surface area contributed by atoms with Crippen LogP contribution in [0.4, 0.5) is 4.79 Å². The third-order valence-corrected chi connectivity index (χ3v) is 5.49. The van der Waals surface area contributed by atoms with Crippen molar-refractivity contribution < 1.29 is 28.3 Å². The lowest BCUT2D eigenvalue weighted by molar-refractivity contribution is -0.147.